The highest BCUT2D eigenvalue weighted by atomic mass is 32.2. The zero-order valence-electron chi connectivity index (χ0n) is 22.1. The van der Waals surface area contributed by atoms with E-state index < -0.39 is 0 Å². The number of benzene rings is 4. The van der Waals surface area contributed by atoms with Crippen LogP contribution in [0.4, 0.5) is 23.0 Å². The normalized spacial score (nSPS) is 10.8. The molecule has 5 aromatic rings. The van der Waals surface area contributed by atoms with Crippen LogP contribution in [-0.2, 0) is 17.6 Å². The van der Waals surface area contributed by atoms with Crippen LogP contribution >= 0.6 is 11.9 Å². The fraction of sp³-hybridized carbons (Fsp3) is 0.129. The third-order valence-corrected chi connectivity index (χ3v) is 6.89. The van der Waals surface area contributed by atoms with E-state index in [-0.39, 0.29) is 18.1 Å². The molecule has 0 bridgehead atoms. The molecule has 0 atom stereocenters. The van der Waals surface area contributed by atoms with Crippen molar-refractivity contribution in [3.05, 3.63) is 102 Å². The number of aryl methyl sites for hydroxylation is 1. The molecule has 5 rings (SSSR count). The van der Waals surface area contributed by atoms with Gasteiger partial charge >= 0.3 is 0 Å². The van der Waals surface area contributed by atoms with Crippen molar-refractivity contribution in [1.82, 2.24) is 9.97 Å². The molecule has 0 spiro atoms. The van der Waals surface area contributed by atoms with Crippen molar-refractivity contribution in [2.45, 2.75) is 24.7 Å². The SMILES string of the molecule is CCc1cc(Nc2nc3ccccc3nc2NSc2cccc(NC(=O)Cc3cccc(O)c3)c2)cc(OC)c1. The van der Waals surface area contributed by atoms with Gasteiger partial charge in [-0.25, -0.2) is 9.97 Å². The molecule has 0 saturated heterocycles. The van der Waals surface area contributed by atoms with Gasteiger partial charge in [0.2, 0.25) is 5.91 Å². The molecule has 0 aliphatic heterocycles. The van der Waals surface area contributed by atoms with Crippen molar-refractivity contribution in [3.63, 3.8) is 0 Å². The van der Waals surface area contributed by atoms with Crippen LogP contribution in [0.2, 0.25) is 0 Å². The number of carbonyl (C=O) groups is 1. The van der Waals surface area contributed by atoms with E-state index in [4.69, 9.17) is 14.7 Å². The van der Waals surface area contributed by atoms with Gasteiger partial charge in [-0.15, -0.1) is 0 Å². The number of anilines is 4. The van der Waals surface area contributed by atoms with Gasteiger partial charge in [0.05, 0.1) is 24.6 Å². The summed E-state index contributed by atoms with van der Waals surface area (Å²) in [6.07, 6.45) is 1.03. The van der Waals surface area contributed by atoms with E-state index in [1.54, 1.807) is 31.4 Å². The lowest BCUT2D eigenvalue weighted by atomic mass is 10.1. The molecule has 9 heteroatoms. The summed E-state index contributed by atoms with van der Waals surface area (Å²) in [5, 5.41) is 16.0. The Morgan fingerprint density at radius 3 is 2.38 bits per heavy atom. The first-order chi connectivity index (χ1) is 19.5. The number of methoxy groups -OCH3 is 1. The van der Waals surface area contributed by atoms with Crippen molar-refractivity contribution in [1.29, 1.82) is 0 Å². The molecule has 0 fully saturated rings. The predicted molar refractivity (Wildman–Crippen MR) is 162 cm³/mol. The summed E-state index contributed by atoms with van der Waals surface area (Å²) in [4.78, 5) is 23.1. The fourth-order valence-electron chi connectivity index (χ4n) is 4.15. The first-order valence-corrected chi connectivity index (χ1v) is 13.6. The van der Waals surface area contributed by atoms with Gasteiger partial charge in [-0.05, 0) is 84.1 Å². The number of phenolic OH excluding ortho intramolecular Hbond substituents is 1. The summed E-state index contributed by atoms with van der Waals surface area (Å²) in [6.45, 7) is 2.10. The molecule has 0 aliphatic rings. The number of aromatic nitrogens is 2. The summed E-state index contributed by atoms with van der Waals surface area (Å²) in [5.74, 6) is 1.89. The van der Waals surface area contributed by atoms with Crippen LogP contribution in [0.5, 0.6) is 11.5 Å². The number of hydrogen-bond donors (Lipinski definition) is 4. The van der Waals surface area contributed by atoms with E-state index in [0.717, 1.165) is 44.9 Å². The highest BCUT2D eigenvalue weighted by Gasteiger charge is 2.12. The third kappa shape index (κ3) is 6.81. The molecule has 4 aromatic carbocycles. The number of rotatable bonds is 10. The molecule has 1 heterocycles. The second-order valence-electron chi connectivity index (χ2n) is 9.08. The van der Waals surface area contributed by atoms with Crippen molar-refractivity contribution >= 4 is 51.9 Å². The Labute approximate surface area is 237 Å². The van der Waals surface area contributed by atoms with Gasteiger partial charge in [0.15, 0.2) is 11.6 Å². The molecule has 0 radical (unpaired) electrons. The zero-order valence-corrected chi connectivity index (χ0v) is 23.0. The van der Waals surface area contributed by atoms with Crippen molar-refractivity contribution in [2.24, 2.45) is 0 Å². The Hall–Kier alpha value is -4.76. The summed E-state index contributed by atoms with van der Waals surface area (Å²) >= 11 is 1.37. The second-order valence-corrected chi connectivity index (χ2v) is 9.96. The monoisotopic (exact) mass is 551 g/mol. The molecule has 1 amide bonds. The van der Waals surface area contributed by atoms with Gasteiger partial charge in [-0.1, -0.05) is 37.3 Å². The van der Waals surface area contributed by atoms with Gasteiger partial charge in [0.1, 0.15) is 11.5 Å². The standard InChI is InChI=1S/C31H29N5O3S/c1-3-20-14-23(18-25(16-20)39-2)33-30-31(35-28-13-5-4-12-27(28)34-30)36-40-26-11-7-9-22(19-26)32-29(38)17-21-8-6-10-24(37)15-21/h4-16,18-19,37H,3,17H2,1-2H3,(H,32,38)(H,33,34)(H,35,36). The number of phenols is 1. The minimum Gasteiger partial charge on any atom is -0.508 e. The Kier molecular flexibility index (Phi) is 8.32. The lowest BCUT2D eigenvalue weighted by molar-refractivity contribution is -0.115. The molecular formula is C31H29N5O3S. The van der Waals surface area contributed by atoms with Crippen LogP contribution < -0.4 is 20.1 Å². The van der Waals surface area contributed by atoms with Crippen LogP contribution in [0.1, 0.15) is 18.1 Å². The van der Waals surface area contributed by atoms with Gasteiger partial charge in [-0.3, -0.25) is 4.79 Å². The van der Waals surface area contributed by atoms with E-state index in [1.807, 2.05) is 60.7 Å². The molecule has 0 aliphatic carbocycles. The number of aromatic hydroxyl groups is 1. The average molecular weight is 552 g/mol. The summed E-state index contributed by atoms with van der Waals surface area (Å²) < 4.78 is 8.82. The van der Waals surface area contributed by atoms with Crippen LogP contribution in [0.25, 0.3) is 11.0 Å². The summed E-state index contributed by atoms with van der Waals surface area (Å²) in [6, 6.07) is 28.0. The number of hydrogen-bond acceptors (Lipinski definition) is 8. The minimum atomic E-state index is -0.169. The van der Waals surface area contributed by atoms with E-state index in [0.29, 0.717) is 17.3 Å². The average Bonchev–Trinajstić information content (AvgIpc) is 2.96. The highest BCUT2D eigenvalue weighted by Crippen LogP contribution is 2.31. The lowest BCUT2D eigenvalue weighted by Gasteiger charge is -2.15. The maximum atomic E-state index is 12.6. The molecule has 8 nitrogen and oxygen atoms in total. The Morgan fingerprint density at radius 2 is 1.62 bits per heavy atom. The van der Waals surface area contributed by atoms with Crippen LogP contribution in [0.15, 0.2) is 95.9 Å². The number of carbonyl (C=O) groups excluding carboxylic acids is 1. The molecule has 0 unspecified atom stereocenters. The smallest absolute Gasteiger partial charge is 0.228 e. The molecular weight excluding hydrogens is 522 g/mol. The number of para-hydroxylation sites is 2. The Morgan fingerprint density at radius 1 is 0.850 bits per heavy atom. The van der Waals surface area contributed by atoms with Gasteiger partial charge in [0, 0.05) is 22.3 Å². The molecule has 40 heavy (non-hydrogen) atoms. The van der Waals surface area contributed by atoms with Gasteiger partial charge < -0.3 is 25.2 Å². The van der Waals surface area contributed by atoms with E-state index in [9.17, 15) is 9.90 Å². The number of nitrogens with zero attached hydrogens (tertiary/aromatic N) is 2. The number of ether oxygens (including phenoxy) is 1. The number of amides is 1. The lowest BCUT2D eigenvalue weighted by Crippen LogP contribution is -2.14. The quantitative estimate of drug-likeness (QED) is 0.138. The minimum absolute atomic E-state index is 0.137. The molecule has 202 valence electrons. The summed E-state index contributed by atoms with van der Waals surface area (Å²) in [7, 11) is 1.65. The van der Waals surface area contributed by atoms with Gasteiger partial charge in [-0.2, -0.15) is 0 Å². The fourth-order valence-corrected chi connectivity index (χ4v) is 4.84. The number of nitrogens with one attached hydrogen (secondary N) is 3. The van der Waals surface area contributed by atoms with Crippen molar-refractivity contribution in [3.8, 4) is 11.5 Å². The van der Waals surface area contributed by atoms with Crippen LogP contribution in [0, 0.1) is 0 Å². The first kappa shape index (κ1) is 26.8. The highest BCUT2D eigenvalue weighted by molar-refractivity contribution is 8.00. The Bertz CT molecular complexity index is 1640. The maximum absolute atomic E-state index is 12.6. The largest absolute Gasteiger partial charge is 0.508 e. The second kappa shape index (κ2) is 12.4. The van der Waals surface area contributed by atoms with E-state index in [1.165, 1.54) is 11.9 Å². The Balaban J connectivity index is 1.34. The topological polar surface area (TPSA) is 108 Å². The zero-order chi connectivity index (χ0) is 27.9. The third-order valence-electron chi connectivity index (χ3n) is 6.10. The number of fused-ring (bicyclic) bond motifs is 1. The molecule has 0 saturated carbocycles. The summed E-state index contributed by atoms with van der Waals surface area (Å²) in [5.41, 5.74) is 4.94. The molecule has 4 N–H and O–H groups in total. The van der Waals surface area contributed by atoms with E-state index >= 15 is 0 Å². The predicted octanol–water partition coefficient (Wildman–Crippen LogP) is 6.95. The van der Waals surface area contributed by atoms with E-state index in [2.05, 4.69) is 28.3 Å². The maximum Gasteiger partial charge on any atom is 0.228 e. The van der Waals surface area contributed by atoms with Crippen LogP contribution in [-0.4, -0.2) is 28.1 Å². The van der Waals surface area contributed by atoms with Crippen molar-refractivity contribution in [2.75, 3.05) is 22.5 Å². The van der Waals surface area contributed by atoms with Crippen molar-refractivity contribution < 1.29 is 14.6 Å². The molecule has 1 aromatic heterocycles. The van der Waals surface area contributed by atoms with Gasteiger partial charge in [0.25, 0.3) is 0 Å². The van der Waals surface area contributed by atoms with Crippen LogP contribution in [0.3, 0.4) is 0 Å². The first-order valence-electron chi connectivity index (χ1n) is 12.8.